The standard InChI is InChI=1S/C11H20/c1-5-6-7-8-9-11(4)10(2)3/h8-9H,5-7H2,1-4H3/b9-8+. The molecule has 0 N–H and O–H groups in total. The van der Waals surface area contributed by atoms with E-state index in [1.807, 2.05) is 0 Å². The number of hydrogen-bond acceptors (Lipinski definition) is 0. The first-order valence-electron chi connectivity index (χ1n) is 4.49. The highest BCUT2D eigenvalue weighted by atomic mass is 13.9. The van der Waals surface area contributed by atoms with Gasteiger partial charge in [-0.2, -0.15) is 0 Å². The molecular formula is C11H20. The van der Waals surface area contributed by atoms with Crippen molar-refractivity contribution in [3.63, 3.8) is 0 Å². The van der Waals surface area contributed by atoms with E-state index < -0.39 is 0 Å². The molecule has 0 saturated carbocycles. The molecule has 0 heteroatoms. The number of unbranched alkanes of at least 4 members (excludes halogenated alkanes) is 2. The Labute approximate surface area is 71.0 Å². The van der Waals surface area contributed by atoms with E-state index in [0.717, 1.165) is 0 Å². The molecule has 0 aliphatic rings. The summed E-state index contributed by atoms with van der Waals surface area (Å²) in [7, 11) is 0. The van der Waals surface area contributed by atoms with Crippen LogP contribution in [0.5, 0.6) is 0 Å². The molecule has 0 amide bonds. The first-order chi connectivity index (χ1) is 5.18. The number of allylic oxidation sites excluding steroid dienone is 4. The molecule has 0 aliphatic heterocycles. The van der Waals surface area contributed by atoms with Crippen molar-refractivity contribution in [2.24, 2.45) is 0 Å². The molecule has 0 aliphatic carbocycles. The molecule has 0 spiro atoms. The smallest absolute Gasteiger partial charge is 0.0348 e. The van der Waals surface area contributed by atoms with Crippen molar-refractivity contribution in [1.82, 2.24) is 0 Å². The van der Waals surface area contributed by atoms with Crippen molar-refractivity contribution in [2.75, 3.05) is 0 Å². The summed E-state index contributed by atoms with van der Waals surface area (Å²) in [4.78, 5) is 0. The summed E-state index contributed by atoms with van der Waals surface area (Å²) < 4.78 is 0. The minimum absolute atomic E-state index is 1.22. The van der Waals surface area contributed by atoms with Crippen molar-refractivity contribution in [3.05, 3.63) is 23.3 Å². The van der Waals surface area contributed by atoms with Gasteiger partial charge in [0.05, 0.1) is 0 Å². The summed E-state index contributed by atoms with van der Waals surface area (Å²) in [6.07, 6.45) is 8.32. The van der Waals surface area contributed by atoms with Gasteiger partial charge < -0.3 is 0 Å². The van der Waals surface area contributed by atoms with Gasteiger partial charge >= 0.3 is 0 Å². The van der Waals surface area contributed by atoms with Gasteiger partial charge in [-0.25, -0.2) is 0 Å². The second-order valence-corrected chi connectivity index (χ2v) is 3.23. The summed E-state index contributed by atoms with van der Waals surface area (Å²) in [5.41, 5.74) is 2.82. The zero-order chi connectivity index (χ0) is 8.69. The predicted octanol–water partition coefficient (Wildman–Crippen LogP) is 4.09. The van der Waals surface area contributed by atoms with Crippen molar-refractivity contribution in [2.45, 2.75) is 47.0 Å². The molecule has 0 fully saturated rings. The summed E-state index contributed by atoms with van der Waals surface area (Å²) in [6.45, 7) is 8.69. The second kappa shape index (κ2) is 6.21. The van der Waals surface area contributed by atoms with E-state index in [9.17, 15) is 0 Å². The molecule has 0 saturated heterocycles. The lowest BCUT2D eigenvalue weighted by Crippen LogP contribution is -1.73. The van der Waals surface area contributed by atoms with E-state index in [1.165, 1.54) is 30.4 Å². The van der Waals surface area contributed by atoms with Crippen molar-refractivity contribution < 1.29 is 0 Å². The Morgan fingerprint density at radius 1 is 1.18 bits per heavy atom. The molecule has 0 bridgehead atoms. The number of hydrogen-bond donors (Lipinski definition) is 0. The lowest BCUT2D eigenvalue weighted by atomic mass is 10.1. The fourth-order valence-electron chi connectivity index (χ4n) is 0.749. The van der Waals surface area contributed by atoms with Gasteiger partial charge in [0.25, 0.3) is 0 Å². The van der Waals surface area contributed by atoms with Gasteiger partial charge in [-0.3, -0.25) is 0 Å². The summed E-state index contributed by atoms with van der Waals surface area (Å²) in [6, 6.07) is 0. The fourth-order valence-corrected chi connectivity index (χ4v) is 0.749. The Hall–Kier alpha value is -0.520. The first kappa shape index (κ1) is 10.5. The zero-order valence-electron chi connectivity index (χ0n) is 8.28. The SMILES string of the molecule is CCCC/C=C/C(C)=C(C)C. The van der Waals surface area contributed by atoms with Gasteiger partial charge in [0.2, 0.25) is 0 Å². The Morgan fingerprint density at radius 3 is 2.27 bits per heavy atom. The van der Waals surface area contributed by atoms with Crippen LogP contribution in [0.4, 0.5) is 0 Å². The van der Waals surface area contributed by atoms with Gasteiger partial charge in [0.15, 0.2) is 0 Å². The molecule has 0 nitrogen and oxygen atoms in total. The normalized spacial score (nSPS) is 10.5. The largest absolute Gasteiger partial charge is 0.0843 e. The van der Waals surface area contributed by atoms with E-state index in [1.54, 1.807) is 0 Å². The van der Waals surface area contributed by atoms with Crippen LogP contribution in [0.1, 0.15) is 47.0 Å². The van der Waals surface area contributed by atoms with Gasteiger partial charge in [-0.1, -0.05) is 43.1 Å². The van der Waals surface area contributed by atoms with Crippen LogP contribution in [0.2, 0.25) is 0 Å². The average Bonchev–Trinajstić information content (AvgIpc) is 1.97. The van der Waals surface area contributed by atoms with E-state index in [-0.39, 0.29) is 0 Å². The molecule has 0 radical (unpaired) electrons. The maximum atomic E-state index is 2.27. The third-order valence-electron chi connectivity index (χ3n) is 1.88. The lowest BCUT2D eigenvalue weighted by molar-refractivity contribution is 0.814. The quantitative estimate of drug-likeness (QED) is 0.420. The Bertz CT molecular complexity index is 145. The average molecular weight is 152 g/mol. The summed E-state index contributed by atoms with van der Waals surface area (Å²) in [5, 5.41) is 0. The third-order valence-corrected chi connectivity index (χ3v) is 1.88. The highest BCUT2D eigenvalue weighted by Gasteiger charge is 1.84. The molecule has 0 rings (SSSR count). The third kappa shape index (κ3) is 5.90. The maximum absolute atomic E-state index is 2.27. The number of rotatable bonds is 4. The zero-order valence-corrected chi connectivity index (χ0v) is 8.28. The molecule has 0 aromatic carbocycles. The highest BCUT2D eigenvalue weighted by Crippen LogP contribution is 2.04. The Kier molecular flexibility index (Phi) is 5.91. The highest BCUT2D eigenvalue weighted by molar-refractivity contribution is 5.20. The summed E-state index contributed by atoms with van der Waals surface area (Å²) in [5.74, 6) is 0. The van der Waals surface area contributed by atoms with Crippen LogP contribution in [0.15, 0.2) is 23.3 Å². The van der Waals surface area contributed by atoms with Crippen LogP contribution in [-0.4, -0.2) is 0 Å². The van der Waals surface area contributed by atoms with Crippen LogP contribution < -0.4 is 0 Å². The molecule has 11 heavy (non-hydrogen) atoms. The first-order valence-corrected chi connectivity index (χ1v) is 4.49. The fraction of sp³-hybridized carbons (Fsp3) is 0.636. The lowest BCUT2D eigenvalue weighted by Gasteiger charge is -1.94. The van der Waals surface area contributed by atoms with E-state index in [2.05, 4.69) is 39.8 Å². The molecule has 0 atom stereocenters. The maximum Gasteiger partial charge on any atom is -0.0348 e. The molecule has 64 valence electrons. The second-order valence-electron chi connectivity index (χ2n) is 3.23. The van der Waals surface area contributed by atoms with Crippen LogP contribution in [0.3, 0.4) is 0 Å². The van der Waals surface area contributed by atoms with Gasteiger partial charge in [-0.05, 0) is 27.2 Å². The van der Waals surface area contributed by atoms with Crippen LogP contribution in [0, 0.1) is 0 Å². The topological polar surface area (TPSA) is 0 Å². The van der Waals surface area contributed by atoms with Gasteiger partial charge in [0, 0.05) is 0 Å². The summed E-state index contributed by atoms with van der Waals surface area (Å²) >= 11 is 0. The molecule has 0 aromatic heterocycles. The minimum atomic E-state index is 1.22. The molecular weight excluding hydrogens is 132 g/mol. The minimum Gasteiger partial charge on any atom is -0.0843 e. The van der Waals surface area contributed by atoms with E-state index in [0.29, 0.717) is 0 Å². The van der Waals surface area contributed by atoms with Crippen LogP contribution in [-0.2, 0) is 0 Å². The predicted molar refractivity (Wildman–Crippen MR) is 52.7 cm³/mol. The Balaban J connectivity index is 3.66. The van der Waals surface area contributed by atoms with Crippen molar-refractivity contribution >= 4 is 0 Å². The molecule has 0 heterocycles. The van der Waals surface area contributed by atoms with Gasteiger partial charge in [0.1, 0.15) is 0 Å². The monoisotopic (exact) mass is 152 g/mol. The van der Waals surface area contributed by atoms with E-state index >= 15 is 0 Å². The van der Waals surface area contributed by atoms with Gasteiger partial charge in [-0.15, -0.1) is 0 Å². The molecule has 0 aromatic rings. The van der Waals surface area contributed by atoms with Crippen molar-refractivity contribution in [3.8, 4) is 0 Å². The molecule has 0 unspecified atom stereocenters. The van der Waals surface area contributed by atoms with E-state index in [4.69, 9.17) is 0 Å². The van der Waals surface area contributed by atoms with Crippen LogP contribution in [0.25, 0.3) is 0 Å². The van der Waals surface area contributed by atoms with Crippen molar-refractivity contribution in [1.29, 1.82) is 0 Å². The van der Waals surface area contributed by atoms with Crippen LogP contribution >= 0.6 is 0 Å². The Morgan fingerprint density at radius 2 is 1.82 bits per heavy atom.